The monoisotopic (exact) mass is 462 g/mol. The van der Waals surface area contributed by atoms with Gasteiger partial charge >= 0.3 is 0 Å². The van der Waals surface area contributed by atoms with Crippen molar-refractivity contribution in [1.29, 1.82) is 0 Å². The number of hydrogen-bond donors (Lipinski definition) is 3. The van der Waals surface area contributed by atoms with E-state index < -0.39 is 0 Å². The van der Waals surface area contributed by atoms with Gasteiger partial charge in [0.25, 0.3) is 0 Å². The molecule has 3 aliphatic rings. The van der Waals surface area contributed by atoms with Crippen molar-refractivity contribution in [3.8, 4) is 0 Å². The van der Waals surface area contributed by atoms with E-state index in [1.165, 1.54) is 62.7 Å². The fourth-order valence-corrected chi connectivity index (χ4v) is 4.86. The maximum atomic E-state index is 12.0. The number of nitrogens with zero attached hydrogens (tertiary/aromatic N) is 3. The molecular formula is C27H38N6O. The van der Waals surface area contributed by atoms with Gasteiger partial charge in [0.05, 0.1) is 0 Å². The number of amides is 1. The summed E-state index contributed by atoms with van der Waals surface area (Å²) in [4.78, 5) is 24.0. The minimum absolute atomic E-state index is 0.223. The minimum Gasteiger partial charge on any atom is -0.370 e. The van der Waals surface area contributed by atoms with Crippen molar-refractivity contribution in [2.75, 3.05) is 36.8 Å². The fourth-order valence-electron chi connectivity index (χ4n) is 4.86. The highest BCUT2D eigenvalue weighted by Gasteiger charge is 2.28. The van der Waals surface area contributed by atoms with Crippen molar-refractivity contribution in [2.45, 2.75) is 70.3 Å². The average Bonchev–Trinajstić information content (AvgIpc) is 3.64. The van der Waals surface area contributed by atoms with Gasteiger partial charge in [-0.15, -0.1) is 0 Å². The van der Waals surface area contributed by atoms with Gasteiger partial charge in [-0.2, -0.15) is 4.98 Å². The molecule has 2 aliphatic carbocycles. The van der Waals surface area contributed by atoms with Gasteiger partial charge in [-0.1, -0.05) is 25.0 Å². The molecule has 0 radical (unpaired) electrons. The largest absolute Gasteiger partial charge is 0.370 e. The molecule has 2 saturated carbocycles. The van der Waals surface area contributed by atoms with Crippen LogP contribution < -0.4 is 16.0 Å². The van der Waals surface area contributed by atoms with E-state index in [2.05, 4.69) is 50.1 Å². The summed E-state index contributed by atoms with van der Waals surface area (Å²) in [6.45, 7) is 4.89. The van der Waals surface area contributed by atoms with Crippen molar-refractivity contribution in [3.05, 3.63) is 41.6 Å². The molecule has 0 spiro atoms. The zero-order chi connectivity index (χ0) is 23.2. The van der Waals surface area contributed by atoms with Crippen LogP contribution in [0.3, 0.4) is 0 Å². The second kappa shape index (κ2) is 11.2. The van der Waals surface area contributed by atoms with Crippen LogP contribution in [0.1, 0.15) is 74.8 Å². The Bertz CT molecular complexity index is 965. The maximum Gasteiger partial charge on any atom is 0.229 e. The first-order valence-corrected chi connectivity index (χ1v) is 13.2. The summed E-state index contributed by atoms with van der Waals surface area (Å²) < 4.78 is 0. The van der Waals surface area contributed by atoms with Crippen LogP contribution in [0.4, 0.5) is 17.5 Å². The Hall–Kier alpha value is -2.67. The van der Waals surface area contributed by atoms with Gasteiger partial charge in [0.2, 0.25) is 11.9 Å². The number of likely N-dealkylation sites (tertiary alicyclic amines) is 1. The maximum absolute atomic E-state index is 12.0. The van der Waals surface area contributed by atoms with Crippen molar-refractivity contribution in [1.82, 2.24) is 20.2 Å². The van der Waals surface area contributed by atoms with Crippen LogP contribution in [-0.2, 0) is 11.3 Å². The van der Waals surface area contributed by atoms with E-state index in [4.69, 9.17) is 4.98 Å². The Balaban J connectivity index is 1.16. The van der Waals surface area contributed by atoms with Crippen molar-refractivity contribution >= 4 is 23.4 Å². The van der Waals surface area contributed by atoms with E-state index in [1.807, 2.05) is 6.20 Å². The first-order valence-electron chi connectivity index (χ1n) is 13.2. The summed E-state index contributed by atoms with van der Waals surface area (Å²) >= 11 is 0. The second-order valence-electron chi connectivity index (χ2n) is 10.1. The molecule has 1 amide bonds. The molecular weight excluding hydrogens is 424 g/mol. The number of anilines is 3. The number of aromatic nitrogens is 2. The quantitative estimate of drug-likeness (QED) is 0.416. The minimum atomic E-state index is 0.223. The SMILES string of the molecule is O=C(NCCCNc1nc(Nc2cccc(CN3CCCCC3)c2)ncc1C1CC1)C1CCC1. The van der Waals surface area contributed by atoms with Crippen molar-refractivity contribution in [3.63, 3.8) is 0 Å². The lowest BCUT2D eigenvalue weighted by atomic mass is 9.85. The highest BCUT2D eigenvalue weighted by Crippen LogP contribution is 2.42. The van der Waals surface area contributed by atoms with Gasteiger partial charge in [-0.05, 0) is 81.6 Å². The van der Waals surface area contributed by atoms with Gasteiger partial charge in [-0.3, -0.25) is 9.69 Å². The number of benzene rings is 1. The molecule has 2 heterocycles. The third-order valence-corrected chi connectivity index (χ3v) is 7.29. The number of rotatable bonds is 11. The molecule has 182 valence electrons. The summed E-state index contributed by atoms with van der Waals surface area (Å²) in [7, 11) is 0. The number of piperidine rings is 1. The lowest BCUT2D eigenvalue weighted by Crippen LogP contribution is -2.35. The zero-order valence-electron chi connectivity index (χ0n) is 20.2. The Morgan fingerprint density at radius 2 is 1.88 bits per heavy atom. The third-order valence-electron chi connectivity index (χ3n) is 7.29. The van der Waals surface area contributed by atoms with Crippen LogP contribution in [-0.4, -0.2) is 47.0 Å². The van der Waals surface area contributed by atoms with E-state index in [-0.39, 0.29) is 11.8 Å². The summed E-state index contributed by atoms with van der Waals surface area (Å²) in [5, 5.41) is 9.99. The van der Waals surface area contributed by atoms with Gasteiger partial charge < -0.3 is 16.0 Å². The fraction of sp³-hybridized carbons (Fsp3) is 0.593. The molecule has 0 bridgehead atoms. The molecule has 3 fully saturated rings. The molecule has 7 nitrogen and oxygen atoms in total. The zero-order valence-corrected chi connectivity index (χ0v) is 20.2. The topological polar surface area (TPSA) is 82.2 Å². The summed E-state index contributed by atoms with van der Waals surface area (Å²) in [6.07, 6.45) is 12.5. The second-order valence-corrected chi connectivity index (χ2v) is 10.1. The van der Waals surface area contributed by atoms with Crippen LogP contribution >= 0.6 is 0 Å². The predicted molar refractivity (Wildman–Crippen MR) is 136 cm³/mol. The van der Waals surface area contributed by atoms with Gasteiger partial charge in [0.1, 0.15) is 5.82 Å². The highest BCUT2D eigenvalue weighted by atomic mass is 16.1. The van der Waals surface area contributed by atoms with Crippen LogP contribution in [0, 0.1) is 5.92 Å². The first-order chi connectivity index (χ1) is 16.7. The van der Waals surface area contributed by atoms with Crippen LogP contribution in [0.25, 0.3) is 0 Å². The van der Waals surface area contributed by atoms with E-state index in [0.29, 0.717) is 18.4 Å². The molecule has 3 N–H and O–H groups in total. The Morgan fingerprint density at radius 1 is 1.03 bits per heavy atom. The predicted octanol–water partition coefficient (Wildman–Crippen LogP) is 4.80. The lowest BCUT2D eigenvalue weighted by molar-refractivity contribution is -0.127. The van der Waals surface area contributed by atoms with Crippen LogP contribution in [0.15, 0.2) is 30.5 Å². The van der Waals surface area contributed by atoms with E-state index in [1.54, 1.807) is 0 Å². The molecule has 34 heavy (non-hydrogen) atoms. The number of carbonyl (C=O) groups is 1. The van der Waals surface area contributed by atoms with E-state index in [9.17, 15) is 4.79 Å². The Kier molecular flexibility index (Phi) is 7.59. The van der Waals surface area contributed by atoms with Gasteiger partial charge in [-0.25, -0.2) is 4.98 Å². The molecule has 2 aromatic rings. The molecule has 7 heteroatoms. The first kappa shape index (κ1) is 23.1. The summed E-state index contributed by atoms with van der Waals surface area (Å²) in [5.74, 6) is 2.60. The molecule has 1 aromatic heterocycles. The Morgan fingerprint density at radius 3 is 2.65 bits per heavy atom. The Labute approximate surface area is 203 Å². The van der Waals surface area contributed by atoms with Gasteiger partial charge in [0.15, 0.2) is 0 Å². The molecule has 1 aromatic carbocycles. The average molecular weight is 463 g/mol. The molecule has 0 unspecified atom stereocenters. The number of hydrogen-bond acceptors (Lipinski definition) is 6. The third kappa shape index (κ3) is 6.26. The standard InChI is InChI=1S/C27H38N6O/c34-26(22-8-5-9-22)29-14-6-13-28-25-24(21-11-12-21)18-30-27(32-25)31-23-10-4-7-20(17-23)19-33-15-2-1-3-16-33/h4,7,10,17-18,21-22H,1-3,5-6,8-9,11-16,19H2,(H,29,34)(H2,28,30,31,32). The lowest BCUT2D eigenvalue weighted by Gasteiger charge is -2.26. The smallest absolute Gasteiger partial charge is 0.229 e. The van der Waals surface area contributed by atoms with Gasteiger partial charge in [0, 0.05) is 43.0 Å². The number of nitrogens with one attached hydrogen (secondary N) is 3. The summed E-state index contributed by atoms with van der Waals surface area (Å²) in [5.41, 5.74) is 3.56. The van der Waals surface area contributed by atoms with Crippen LogP contribution in [0.5, 0.6) is 0 Å². The summed E-state index contributed by atoms with van der Waals surface area (Å²) in [6, 6.07) is 8.60. The normalized spacial score (nSPS) is 18.8. The number of carbonyl (C=O) groups excluding carboxylic acids is 1. The van der Waals surface area contributed by atoms with Crippen molar-refractivity contribution < 1.29 is 4.79 Å². The van der Waals surface area contributed by atoms with E-state index in [0.717, 1.165) is 43.9 Å². The van der Waals surface area contributed by atoms with E-state index >= 15 is 0 Å². The van der Waals surface area contributed by atoms with Crippen molar-refractivity contribution in [2.24, 2.45) is 5.92 Å². The molecule has 5 rings (SSSR count). The highest BCUT2D eigenvalue weighted by molar-refractivity contribution is 5.79. The molecule has 1 saturated heterocycles. The molecule has 1 aliphatic heterocycles. The molecule has 0 atom stereocenters. The van der Waals surface area contributed by atoms with Crippen LogP contribution in [0.2, 0.25) is 0 Å².